The molecule has 1 aromatic carbocycles. The highest BCUT2D eigenvalue weighted by molar-refractivity contribution is 5.27. The lowest BCUT2D eigenvalue weighted by molar-refractivity contribution is 0.320. The largest absolute Gasteiger partial charge is 0.505 e. The molecular formula is C12H19FN2O. The Balaban J connectivity index is 2.43. The molecule has 0 bridgehead atoms. The maximum Gasteiger partial charge on any atom is 0.165 e. The maximum absolute atomic E-state index is 13.1. The number of hydrogen-bond acceptors (Lipinski definition) is 3. The number of rotatable bonds is 6. The normalized spacial score (nSPS) is 11.0. The highest BCUT2D eigenvalue weighted by atomic mass is 19.1. The molecule has 4 heteroatoms. The molecule has 0 aliphatic heterocycles. The summed E-state index contributed by atoms with van der Waals surface area (Å²) in [5.41, 5.74) is 0.877. The number of phenols is 1. The fourth-order valence-electron chi connectivity index (χ4n) is 1.57. The van der Waals surface area contributed by atoms with E-state index in [1.807, 2.05) is 14.1 Å². The van der Waals surface area contributed by atoms with Crippen LogP contribution >= 0.6 is 0 Å². The first-order valence-electron chi connectivity index (χ1n) is 5.44. The molecule has 0 radical (unpaired) electrons. The molecule has 3 nitrogen and oxygen atoms in total. The van der Waals surface area contributed by atoms with Gasteiger partial charge in [0.25, 0.3) is 0 Å². The van der Waals surface area contributed by atoms with Crippen molar-refractivity contribution >= 4 is 0 Å². The summed E-state index contributed by atoms with van der Waals surface area (Å²) in [5.74, 6) is -0.845. The van der Waals surface area contributed by atoms with Gasteiger partial charge in [-0.3, -0.25) is 0 Å². The average molecular weight is 226 g/mol. The van der Waals surface area contributed by atoms with E-state index in [9.17, 15) is 4.39 Å². The second-order valence-corrected chi connectivity index (χ2v) is 3.98. The van der Waals surface area contributed by atoms with Gasteiger partial charge >= 0.3 is 0 Å². The Labute approximate surface area is 95.9 Å². The highest BCUT2D eigenvalue weighted by Crippen LogP contribution is 2.16. The zero-order valence-corrected chi connectivity index (χ0v) is 9.83. The second kappa shape index (κ2) is 6.45. The molecule has 0 atom stereocenters. The minimum Gasteiger partial charge on any atom is -0.505 e. The molecule has 0 aromatic heterocycles. The lowest BCUT2D eigenvalue weighted by Gasteiger charge is -2.16. The van der Waals surface area contributed by atoms with Gasteiger partial charge in [-0.25, -0.2) is 4.39 Å². The SMILES string of the molecule is CNCCCN(C)Cc1ccc(O)c(F)c1. The van der Waals surface area contributed by atoms with Crippen molar-refractivity contribution in [2.24, 2.45) is 0 Å². The summed E-state index contributed by atoms with van der Waals surface area (Å²) in [6.45, 7) is 2.64. The van der Waals surface area contributed by atoms with E-state index in [4.69, 9.17) is 5.11 Å². The van der Waals surface area contributed by atoms with E-state index in [1.54, 1.807) is 6.07 Å². The molecule has 0 saturated heterocycles. The molecule has 0 amide bonds. The van der Waals surface area contributed by atoms with Crippen molar-refractivity contribution in [1.82, 2.24) is 10.2 Å². The van der Waals surface area contributed by atoms with Gasteiger partial charge in [0, 0.05) is 6.54 Å². The smallest absolute Gasteiger partial charge is 0.165 e. The van der Waals surface area contributed by atoms with Crippen LogP contribution in [0.15, 0.2) is 18.2 Å². The second-order valence-electron chi connectivity index (χ2n) is 3.98. The Morgan fingerprint density at radius 3 is 2.81 bits per heavy atom. The summed E-state index contributed by atoms with van der Waals surface area (Å²) in [5, 5.41) is 12.1. The molecule has 0 heterocycles. The molecule has 16 heavy (non-hydrogen) atoms. The molecule has 0 aliphatic rings. The fraction of sp³-hybridized carbons (Fsp3) is 0.500. The summed E-state index contributed by atoms with van der Waals surface area (Å²) < 4.78 is 13.1. The maximum atomic E-state index is 13.1. The first-order valence-corrected chi connectivity index (χ1v) is 5.44. The van der Waals surface area contributed by atoms with Crippen LogP contribution < -0.4 is 5.32 Å². The van der Waals surface area contributed by atoms with Crippen molar-refractivity contribution in [3.63, 3.8) is 0 Å². The molecule has 0 spiro atoms. The third-order valence-corrected chi connectivity index (χ3v) is 2.43. The summed E-state index contributed by atoms with van der Waals surface area (Å²) in [7, 11) is 3.93. The minimum atomic E-state index is -0.555. The van der Waals surface area contributed by atoms with Crippen molar-refractivity contribution in [1.29, 1.82) is 0 Å². The summed E-state index contributed by atoms with van der Waals surface area (Å²) in [6, 6.07) is 4.52. The van der Waals surface area contributed by atoms with Crippen LogP contribution in [-0.4, -0.2) is 37.2 Å². The predicted molar refractivity (Wildman–Crippen MR) is 62.9 cm³/mol. The van der Waals surface area contributed by atoms with Gasteiger partial charge in [-0.05, 0) is 51.3 Å². The van der Waals surface area contributed by atoms with Crippen LogP contribution in [0.5, 0.6) is 5.75 Å². The molecule has 0 fully saturated rings. The Kier molecular flexibility index (Phi) is 5.22. The van der Waals surface area contributed by atoms with Crippen molar-refractivity contribution in [2.45, 2.75) is 13.0 Å². The first kappa shape index (κ1) is 12.9. The van der Waals surface area contributed by atoms with Gasteiger partial charge in [0.2, 0.25) is 0 Å². The van der Waals surface area contributed by atoms with E-state index in [0.29, 0.717) is 6.54 Å². The molecule has 1 aromatic rings. The molecule has 0 saturated carbocycles. The zero-order chi connectivity index (χ0) is 12.0. The van der Waals surface area contributed by atoms with E-state index in [1.165, 1.54) is 12.1 Å². The van der Waals surface area contributed by atoms with Crippen LogP contribution in [0, 0.1) is 5.82 Å². The van der Waals surface area contributed by atoms with Gasteiger partial charge in [0.1, 0.15) is 0 Å². The van der Waals surface area contributed by atoms with Crippen LogP contribution in [0.1, 0.15) is 12.0 Å². The average Bonchev–Trinajstić information content (AvgIpc) is 2.24. The van der Waals surface area contributed by atoms with Crippen LogP contribution in [0.4, 0.5) is 4.39 Å². The van der Waals surface area contributed by atoms with Crippen molar-refractivity contribution in [2.75, 3.05) is 27.2 Å². The van der Waals surface area contributed by atoms with Gasteiger partial charge in [-0.1, -0.05) is 6.07 Å². The Hall–Kier alpha value is -1.13. The third kappa shape index (κ3) is 4.16. The van der Waals surface area contributed by atoms with E-state index in [0.717, 1.165) is 25.1 Å². The number of nitrogens with zero attached hydrogens (tertiary/aromatic N) is 1. The third-order valence-electron chi connectivity index (χ3n) is 2.43. The number of benzene rings is 1. The number of nitrogens with one attached hydrogen (secondary N) is 1. The van der Waals surface area contributed by atoms with Gasteiger partial charge in [0.15, 0.2) is 11.6 Å². The number of aromatic hydroxyl groups is 1. The lowest BCUT2D eigenvalue weighted by atomic mass is 10.2. The molecular weight excluding hydrogens is 207 g/mol. The van der Waals surface area contributed by atoms with Crippen LogP contribution in [0.3, 0.4) is 0 Å². The van der Waals surface area contributed by atoms with E-state index in [-0.39, 0.29) is 5.75 Å². The van der Waals surface area contributed by atoms with E-state index >= 15 is 0 Å². The van der Waals surface area contributed by atoms with Gasteiger partial charge in [0.05, 0.1) is 0 Å². The molecule has 0 aliphatic carbocycles. The number of hydrogen-bond donors (Lipinski definition) is 2. The Morgan fingerprint density at radius 2 is 2.19 bits per heavy atom. The van der Waals surface area contributed by atoms with E-state index < -0.39 is 5.82 Å². The van der Waals surface area contributed by atoms with Crippen LogP contribution in [0.2, 0.25) is 0 Å². The van der Waals surface area contributed by atoms with Crippen molar-refractivity contribution in [3.05, 3.63) is 29.6 Å². The quantitative estimate of drug-likeness (QED) is 0.723. The Bertz CT molecular complexity index is 331. The standard InChI is InChI=1S/C12H19FN2O/c1-14-6-3-7-15(2)9-10-4-5-12(16)11(13)8-10/h4-5,8,14,16H,3,6-7,9H2,1-2H3. The zero-order valence-electron chi connectivity index (χ0n) is 9.83. The van der Waals surface area contributed by atoms with Gasteiger partial charge in [-0.2, -0.15) is 0 Å². The molecule has 1 rings (SSSR count). The van der Waals surface area contributed by atoms with Crippen LogP contribution in [0.25, 0.3) is 0 Å². The summed E-state index contributed by atoms with van der Waals surface area (Å²) in [6.07, 6.45) is 1.06. The Morgan fingerprint density at radius 1 is 1.44 bits per heavy atom. The van der Waals surface area contributed by atoms with Crippen molar-refractivity contribution in [3.8, 4) is 5.75 Å². The topological polar surface area (TPSA) is 35.5 Å². The lowest BCUT2D eigenvalue weighted by Crippen LogP contribution is -2.22. The monoisotopic (exact) mass is 226 g/mol. The number of phenolic OH excluding ortho intramolecular Hbond substituents is 1. The summed E-state index contributed by atoms with van der Waals surface area (Å²) in [4.78, 5) is 2.13. The molecule has 2 N–H and O–H groups in total. The molecule has 90 valence electrons. The fourth-order valence-corrected chi connectivity index (χ4v) is 1.57. The van der Waals surface area contributed by atoms with Gasteiger partial charge in [-0.15, -0.1) is 0 Å². The minimum absolute atomic E-state index is 0.290. The number of halogens is 1. The highest BCUT2D eigenvalue weighted by Gasteiger charge is 2.04. The summed E-state index contributed by atoms with van der Waals surface area (Å²) >= 11 is 0. The first-order chi connectivity index (χ1) is 7.63. The molecule has 0 unspecified atom stereocenters. The van der Waals surface area contributed by atoms with E-state index in [2.05, 4.69) is 10.2 Å². The van der Waals surface area contributed by atoms with Crippen LogP contribution in [-0.2, 0) is 6.54 Å². The predicted octanol–water partition coefficient (Wildman–Crippen LogP) is 1.57. The van der Waals surface area contributed by atoms with Crippen molar-refractivity contribution < 1.29 is 9.50 Å². The van der Waals surface area contributed by atoms with Gasteiger partial charge < -0.3 is 15.3 Å².